The summed E-state index contributed by atoms with van der Waals surface area (Å²) >= 11 is 1.75. The number of piperazine rings is 1. The fourth-order valence-electron chi connectivity index (χ4n) is 5.84. The SMILES string of the molecule is C[C@@H]1CN(C(=O)CCN2CCc3sccc3[C@H]2c2cccc(F)c2)CCN1C(=O)c1ccc(C(C)(C)C)cc1. The average molecular weight is 548 g/mol. The fraction of sp³-hybridized carbons (Fsp3) is 0.438. The van der Waals surface area contributed by atoms with Crippen molar-refractivity contribution in [3.8, 4) is 0 Å². The number of carbonyl (C=O) groups excluding carboxylic acids is 2. The number of rotatable bonds is 5. The van der Waals surface area contributed by atoms with E-state index >= 15 is 0 Å². The molecule has 3 heterocycles. The molecule has 2 atom stereocenters. The first-order valence-corrected chi connectivity index (χ1v) is 14.7. The Morgan fingerprint density at radius 1 is 1.03 bits per heavy atom. The predicted molar refractivity (Wildman–Crippen MR) is 155 cm³/mol. The highest BCUT2D eigenvalue weighted by atomic mass is 32.1. The van der Waals surface area contributed by atoms with Gasteiger partial charge in [-0.05, 0) is 71.2 Å². The van der Waals surface area contributed by atoms with Crippen molar-refractivity contribution in [3.05, 3.63) is 92.9 Å². The monoisotopic (exact) mass is 547 g/mol. The molecule has 1 saturated heterocycles. The van der Waals surface area contributed by atoms with Gasteiger partial charge in [0.2, 0.25) is 5.91 Å². The van der Waals surface area contributed by atoms with Crippen molar-refractivity contribution in [2.45, 2.75) is 58.0 Å². The Balaban J connectivity index is 1.20. The maximum Gasteiger partial charge on any atom is 0.254 e. The van der Waals surface area contributed by atoms with Gasteiger partial charge >= 0.3 is 0 Å². The average Bonchev–Trinajstić information content (AvgIpc) is 3.39. The molecule has 1 fully saturated rings. The van der Waals surface area contributed by atoms with Crippen molar-refractivity contribution in [1.29, 1.82) is 0 Å². The van der Waals surface area contributed by atoms with E-state index in [1.54, 1.807) is 23.5 Å². The summed E-state index contributed by atoms with van der Waals surface area (Å²) in [5, 5.41) is 2.10. The van der Waals surface area contributed by atoms with Gasteiger partial charge in [0.25, 0.3) is 5.91 Å². The van der Waals surface area contributed by atoms with Gasteiger partial charge in [0.15, 0.2) is 0 Å². The van der Waals surface area contributed by atoms with Gasteiger partial charge in [0.05, 0.1) is 6.04 Å². The molecule has 0 N–H and O–H groups in total. The minimum Gasteiger partial charge on any atom is -0.339 e. The van der Waals surface area contributed by atoms with E-state index in [1.807, 2.05) is 47.1 Å². The van der Waals surface area contributed by atoms with Crippen LogP contribution in [0.4, 0.5) is 4.39 Å². The van der Waals surface area contributed by atoms with Crippen LogP contribution in [-0.2, 0) is 16.6 Å². The minimum atomic E-state index is -0.238. The fourth-order valence-corrected chi connectivity index (χ4v) is 6.74. The molecule has 2 aliphatic heterocycles. The third-order valence-corrected chi connectivity index (χ3v) is 9.08. The summed E-state index contributed by atoms with van der Waals surface area (Å²) < 4.78 is 14.1. The van der Waals surface area contributed by atoms with Gasteiger partial charge in [0.1, 0.15) is 5.82 Å². The molecule has 0 saturated carbocycles. The molecule has 2 aromatic carbocycles. The van der Waals surface area contributed by atoms with E-state index in [0.717, 1.165) is 18.5 Å². The number of hydrogen-bond donors (Lipinski definition) is 0. The molecule has 2 amide bonds. The number of fused-ring (bicyclic) bond motifs is 1. The maximum absolute atomic E-state index is 14.1. The lowest BCUT2D eigenvalue weighted by Gasteiger charge is -2.41. The smallest absolute Gasteiger partial charge is 0.254 e. The number of carbonyl (C=O) groups is 2. The van der Waals surface area contributed by atoms with Crippen LogP contribution in [0.1, 0.15) is 72.1 Å². The van der Waals surface area contributed by atoms with Crippen LogP contribution in [0, 0.1) is 5.82 Å². The van der Waals surface area contributed by atoms with Crippen molar-refractivity contribution >= 4 is 23.2 Å². The van der Waals surface area contributed by atoms with Gasteiger partial charge in [-0.3, -0.25) is 14.5 Å². The molecular weight excluding hydrogens is 509 g/mol. The van der Waals surface area contributed by atoms with Gasteiger partial charge in [-0.2, -0.15) is 0 Å². The van der Waals surface area contributed by atoms with E-state index in [1.165, 1.54) is 22.1 Å². The Morgan fingerprint density at radius 2 is 1.79 bits per heavy atom. The lowest BCUT2D eigenvalue weighted by molar-refractivity contribution is -0.134. The molecule has 0 spiro atoms. The summed E-state index contributed by atoms with van der Waals surface area (Å²) in [6, 6.07) is 16.8. The minimum absolute atomic E-state index is 0.0212. The lowest BCUT2D eigenvalue weighted by Crippen LogP contribution is -2.55. The van der Waals surface area contributed by atoms with E-state index in [0.29, 0.717) is 38.2 Å². The van der Waals surface area contributed by atoms with Crippen molar-refractivity contribution in [1.82, 2.24) is 14.7 Å². The predicted octanol–water partition coefficient (Wildman–Crippen LogP) is 5.90. The Morgan fingerprint density at radius 3 is 2.49 bits per heavy atom. The van der Waals surface area contributed by atoms with Crippen LogP contribution in [0.5, 0.6) is 0 Å². The highest BCUT2D eigenvalue weighted by Gasteiger charge is 2.33. The Hall–Kier alpha value is -3.03. The third kappa shape index (κ3) is 5.94. The van der Waals surface area contributed by atoms with E-state index in [2.05, 4.69) is 37.1 Å². The van der Waals surface area contributed by atoms with E-state index in [4.69, 9.17) is 0 Å². The Bertz CT molecular complexity index is 1330. The summed E-state index contributed by atoms with van der Waals surface area (Å²) in [6.07, 6.45) is 1.35. The number of halogens is 1. The van der Waals surface area contributed by atoms with Crippen LogP contribution in [0.3, 0.4) is 0 Å². The van der Waals surface area contributed by atoms with Crippen LogP contribution < -0.4 is 0 Å². The largest absolute Gasteiger partial charge is 0.339 e. The van der Waals surface area contributed by atoms with Crippen molar-refractivity contribution in [2.24, 2.45) is 0 Å². The first kappa shape index (κ1) is 27.5. The normalized spacial score (nSPS) is 20.1. The molecule has 0 bridgehead atoms. The molecule has 39 heavy (non-hydrogen) atoms. The quantitative estimate of drug-likeness (QED) is 0.400. The third-order valence-electron chi connectivity index (χ3n) is 8.08. The molecule has 0 aliphatic carbocycles. The van der Waals surface area contributed by atoms with Crippen molar-refractivity contribution in [3.63, 3.8) is 0 Å². The summed E-state index contributed by atoms with van der Waals surface area (Å²) in [4.78, 5) is 34.0. The van der Waals surface area contributed by atoms with Gasteiger partial charge in [-0.25, -0.2) is 4.39 Å². The zero-order valence-corrected chi connectivity index (χ0v) is 24.1. The zero-order chi connectivity index (χ0) is 27.7. The van der Waals surface area contributed by atoms with E-state index in [9.17, 15) is 14.0 Å². The van der Waals surface area contributed by atoms with Gasteiger partial charge < -0.3 is 9.80 Å². The molecule has 7 heteroatoms. The highest BCUT2D eigenvalue weighted by Crippen LogP contribution is 2.38. The Labute approximate surface area is 235 Å². The molecule has 5 rings (SSSR count). The molecular formula is C32H38FN3O2S. The van der Waals surface area contributed by atoms with Crippen molar-refractivity contribution in [2.75, 3.05) is 32.7 Å². The molecule has 3 aromatic rings. The number of hydrogen-bond acceptors (Lipinski definition) is 4. The van der Waals surface area contributed by atoms with Gasteiger partial charge in [0, 0.05) is 55.6 Å². The summed E-state index contributed by atoms with van der Waals surface area (Å²) in [5.74, 6) is -0.108. The summed E-state index contributed by atoms with van der Waals surface area (Å²) in [5.41, 5.74) is 4.08. The van der Waals surface area contributed by atoms with Crippen LogP contribution in [0.15, 0.2) is 60.0 Å². The van der Waals surface area contributed by atoms with E-state index in [-0.39, 0.29) is 35.1 Å². The number of nitrogens with zero attached hydrogens (tertiary/aromatic N) is 3. The number of benzene rings is 2. The molecule has 2 aliphatic rings. The van der Waals surface area contributed by atoms with Gasteiger partial charge in [-0.1, -0.05) is 45.0 Å². The number of thiophene rings is 1. The number of amides is 2. The Kier molecular flexibility index (Phi) is 7.92. The summed E-state index contributed by atoms with van der Waals surface area (Å²) in [7, 11) is 0. The standard InChI is InChI=1S/C32H38FN3O2S/c1-22-21-35(17-18-36(22)31(38)23-8-10-25(11-9-23)32(2,3)4)29(37)13-16-34-15-12-28-27(14-19-39-28)30(34)24-6-5-7-26(33)20-24/h5-11,14,19-20,22,30H,12-13,15-18,21H2,1-4H3/t22-,30-/m1/s1. The summed E-state index contributed by atoms with van der Waals surface area (Å²) in [6.45, 7) is 11.6. The van der Waals surface area contributed by atoms with Crippen LogP contribution in [0.25, 0.3) is 0 Å². The molecule has 0 radical (unpaired) electrons. The second-order valence-corrected chi connectivity index (χ2v) is 12.8. The lowest BCUT2D eigenvalue weighted by atomic mass is 9.86. The second-order valence-electron chi connectivity index (χ2n) is 11.8. The molecule has 5 nitrogen and oxygen atoms in total. The highest BCUT2D eigenvalue weighted by molar-refractivity contribution is 7.10. The van der Waals surface area contributed by atoms with Gasteiger partial charge in [-0.15, -0.1) is 11.3 Å². The van der Waals surface area contributed by atoms with Crippen LogP contribution in [-0.4, -0.2) is 65.3 Å². The molecule has 1 aromatic heterocycles. The zero-order valence-electron chi connectivity index (χ0n) is 23.3. The molecule has 206 valence electrons. The topological polar surface area (TPSA) is 43.9 Å². The first-order chi connectivity index (χ1) is 18.6. The van der Waals surface area contributed by atoms with Crippen molar-refractivity contribution < 1.29 is 14.0 Å². The second kappa shape index (κ2) is 11.2. The van der Waals surface area contributed by atoms with Crippen LogP contribution >= 0.6 is 11.3 Å². The van der Waals surface area contributed by atoms with Crippen LogP contribution in [0.2, 0.25) is 0 Å². The maximum atomic E-state index is 14.1. The first-order valence-electron chi connectivity index (χ1n) is 13.9. The molecule has 0 unspecified atom stereocenters. The van der Waals surface area contributed by atoms with E-state index < -0.39 is 0 Å².